The summed E-state index contributed by atoms with van der Waals surface area (Å²) in [4.78, 5) is 24.0. The van der Waals surface area contributed by atoms with E-state index in [1.165, 1.54) is 6.42 Å². The average Bonchev–Trinajstić information content (AvgIpc) is 2.72. The van der Waals surface area contributed by atoms with Gasteiger partial charge >= 0.3 is 5.97 Å². The lowest BCUT2D eigenvalue weighted by atomic mass is 9.43. The van der Waals surface area contributed by atoms with E-state index >= 15 is 0 Å². The standard InChI is InChI=1S/C24H25NO4/c26-22(29-15-17-4-2-1-3-5-17)24-13-18-10-19(14-24)12-23(11-18,16-24)20-6-8-21(9-7-20)25(27)28/h1-9,18-19H,10-16H2/t18-,19-,23?,24?/m0/s1. The number of non-ortho nitro benzene ring substituents is 1. The molecule has 6 rings (SSSR count). The van der Waals surface area contributed by atoms with Crippen LogP contribution in [-0.2, 0) is 21.6 Å². The first-order valence-electron chi connectivity index (χ1n) is 10.4. The average molecular weight is 391 g/mol. The van der Waals surface area contributed by atoms with Crippen molar-refractivity contribution in [2.75, 3.05) is 0 Å². The Labute approximate surface area is 170 Å². The van der Waals surface area contributed by atoms with E-state index in [0.29, 0.717) is 18.4 Å². The summed E-state index contributed by atoms with van der Waals surface area (Å²) in [5.74, 6) is 1.02. The lowest BCUT2D eigenvalue weighted by Crippen LogP contribution is -2.57. The van der Waals surface area contributed by atoms with Gasteiger partial charge in [0.05, 0.1) is 10.3 Å². The zero-order chi connectivity index (χ0) is 20.1. The van der Waals surface area contributed by atoms with Gasteiger partial charge in [0.15, 0.2) is 0 Å². The molecule has 4 aliphatic carbocycles. The summed E-state index contributed by atoms with van der Waals surface area (Å²) in [6, 6.07) is 16.9. The second-order valence-corrected chi connectivity index (χ2v) is 9.39. The lowest BCUT2D eigenvalue weighted by Gasteiger charge is -2.61. The molecule has 0 aromatic heterocycles. The molecule has 5 nitrogen and oxygen atoms in total. The zero-order valence-electron chi connectivity index (χ0n) is 16.4. The second-order valence-electron chi connectivity index (χ2n) is 9.39. The molecule has 150 valence electrons. The Morgan fingerprint density at radius 3 is 2.28 bits per heavy atom. The molecule has 4 saturated carbocycles. The number of ether oxygens (including phenoxy) is 1. The third-order valence-corrected chi connectivity index (χ3v) is 7.40. The van der Waals surface area contributed by atoms with Crippen LogP contribution in [0.15, 0.2) is 54.6 Å². The van der Waals surface area contributed by atoms with E-state index in [2.05, 4.69) is 0 Å². The summed E-state index contributed by atoms with van der Waals surface area (Å²) in [6.45, 7) is 0.321. The fraction of sp³-hybridized carbons (Fsp3) is 0.458. The third kappa shape index (κ3) is 3.13. The van der Waals surface area contributed by atoms with Crippen molar-refractivity contribution in [1.82, 2.24) is 0 Å². The van der Waals surface area contributed by atoms with Gasteiger partial charge in [0, 0.05) is 12.1 Å². The van der Waals surface area contributed by atoms with Crippen molar-refractivity contribution in [2.24, 2.45) is 17.3 Å². The molecule has 2 atom stereocenters. The Morgan fingerprint density at radius 1 is 1.00 bits per heavy atom. The van der Waals surface area contributed by atoms with Crippen molar-refractivity contribution < 1.29 is 14.5 Å². The van der Waals surface area contributed by atoms with Crippen molar-refractivity contribution >= 4 is 11.7 Å². The molecule has 5 heteroatoms. The van der Waals surface area contributed by atoms with Gasteiger partial charge in [-0.2, -0.15) is 0 Å². The highest BCUT2D eigenvalue weighted by Gasteiger charge is 2.61. The van der Waals surface area contributed by atoms with Gasteiger partial charge in [-0.15, -0.1) is 0 Å². The van der Waals surface area contributed by atoms with Gasteiger partial charge in [0.2, 0.25) is 0 Å². The highest BCUT2D eigenvalue weighted by molar-refractivity contribution is 5.78. The number of benzene rings is 2. The molecule has 29 heavy (non-hydrogen) atoms. The van der Waals surface area contributed by atoms with Crippen LogP contribution in [-0.4, -0.2) is 10.9 Å². The number of nitro groups is 1. The van der Waals surface area contributed by atoms with E-state index in [0.717, 1.165) is 43.2 Å². The number of nitro benzene ring substituents is 1. The Kier molecular flexibility index (Phi) is 4.23. The molecule has 0 unspecified atom stereocenters. The maximum Gasteiger partial charge on any atom is 0.312 e. The molecule has 0 heterocycles. The Morgan fingerprint density at radius 2 is 1.66 bits per heavy atom. The monoisotopic (exact) mass is 391 g/mol. The first-order chi connectivity index (χ1) is 14.0. The molecule has 0 amide bonds. The topological polar surface area (TPSA) is 69.4 Å². The van der Waals surface area contributed by atoms with Gasteiger partial charge in [-0.1, -0.05) is 42.5 Å². The summed E-state index contributed by atoms with van der Waals surface area (Å²) >= 11 is 0. The first kappa shape index (κ1) is 18.3. The number of esters is 1. The summed E-state index contributed by atoms with van der Waals surface area (Å²) < 4.78 is 5.82. The summed E-state index contributed by atoms with van der Waals surface area (Å²) in [5, 5.41) is 11.0. The van der Waals surface area contributed by atoms with E-state index < -0.39 is 5.41 Å². The molecule has 2 aromatic carbocycles. The van der Waals surface area contributed by atoms with Gasteiger partial charge < -0.3 is 4.74 Å². The SMILES string of the molecule is O=C(OCc1ccccc1)C12C[C@H]3C[C@H](C1)CC(c1ccc([N+](=O)[O-])cc1)(C3)C2. The lowest BCUT2D eigenvalue weighted by molar-refractivity contribution is -0.384. The number of rotatable bonds is 5. The highest BCUT2D eigenvalue weighted by Crippen LogP contribution is 2.66. The van der Waals surface area contributed by atoms with Gasteiger partial charge in [-0.05, 0) is 66.9 Å². The van der Waals surface area contributed by atoms with Gasteiger partial charge in [0.25, 0.3) is 5.69 Å². The molecule has 0 N–H and O–H groups in total. The molecule has 4 fully saturated rings. The molecule has 0 saturated heterocycles. The largest absolute Gasteiger partial charge is 0.460 e. The van der Waals surface area contributed by atoms with Gasteiger partial charge in [-0.3, -0.25) is 14.9 Å². The quantitative estimate of drug-likeness (QED) is 0.400. The van der Waals surface area contributed by atoms with Crippen LogP contribution in [0, 0.1) is 27.4 Å². The van der Waals surface area contributed by atoms with Crippen LogP contribution in [0.5, 0.6) is 0 Å². The van der Waals surface area contributed by atoms with E-state index in [1.807, 2.05) is 42.5 Å². The Bertz CT molecular complexity index is 923. The number of carbonyl (C=O) groups is 1. The predicted octanol–water partition coefficient (Wildman–Crippen LogP) is 5.18. The molecular weight excluding hydrogens is 366 g/mol. The van der Waals surface area contributed by atoms with Crippen molar-refractivity contribution in [3.63, 3.8) is 0 Å². The van der Waals surface area contributed by atoms with Crippen LogP contribution in [0.25, 0.3) is 0 Å². The van der Waals surface area contributed by atoms with E-state index in [4.69, 9.17) is 4.74 Å². The van der Waals surface area contributed by atoms with Gasteiger partial charge in [0.1, 0.15) is 6.61 Å². The molecule has 2 aromatic rings. The minimum absolute atomic E-state index is 0.0506. The fourth-order valence-corrected chi connectivity index (χ4v) is 6.65. The summed E-state index contributed by atoms with van der Waals surface area (Å²) in [6.07, 6.45) is 6.00. The number of hydrogen-bond donors (Lipinski definition) is 0. The highest BCUT2D eigenvalue weighted by atomic mass is 16.6. The molecule has 4 bridgehead atoms. The van der Waals surface area contributed by atoms with Crippen molar-refractivity contribution in [3.05, 3.63) is 75.8 Å². The van der Waals surface area contributed by atoms with Crippen molar-refractivity contribution in [3.8, 4) is 0 Å². The van der Waals surface area contributed by atoms with Crippen molar-refractivity contribution in [1.29, 1.82) is 0 Å². The molecule has 0 spiro atoms. The number of carbonyl (C=O) groups excluding carboxylic acids is 1. The maximum absolute atomic E-state index is 13.3. The minimum atomic E-state index is -0.402. The van der Waals surface area contributed by atoms with Crippen LogP contribution in [0.4, 0.5) is 5.69 Å². The molecule has 0 aliphatic heterocycles. The molecule has 0 radical (unpaired) electrons. The van der Waals surface area contributed by atoms with Gasteiger partial charge in [-0.25, -0.2) is 0 Å². The van der Waals surface area contributed by atoms with E-state index in [9.17, 15) is 14.9 Å². The smallest absolute Gasteiger partial charge is 0.312 e. The molecular formula is C24H25NO4. The normalized spacial score (nSPS) is 32.1. The summed E-state index contributed by atoms with van der Waals surface area (Å²) in [5.41, 5.74) is 1.83. The first-order valence-corrected chi connectivity index (χ1v) is 10.4. The predicted molar refractivity (Wildman–Crippen MR) is 108 cm³/mol. The van der Waals surface area contributed by atoms with Crippen LogP contribution < -0.4 is 0 Å². The van der Waals surface area contributed by atoms with Crippen LogP contribution in [0.2, 0.25) is 0 Å². The summed E-state index contributed by atoms with van der Waals surface area (Å²) in [7, 11) is 0. The molecule has 4 aliphatic rings. The van der Waals surface area contributed by atoms with Crippen LogP contribution >= 0.6 is 0 Å². The zero-order valence-corrected chi connectivity index (χ0v) is 16.4. The fourth-order valence-electron chi connectivity index (χ4n) is 6.65. The number of hydrogen-bond acceptors (Lipinski definition) is 4. The number of nitrogens with zero attached hydrogens (tertiary/aromatic N) is 1. The van der Waals surface area contributed by atoms with E-state index in [1.54, 1.807) is 12.1 Å². The maximum atomic E-state index is 13.3. The van der Waals surface area contributed by atoms with E-state index in [-0.39, 0.29) is 22.0 Å². The third-order valence-electron chi connectivity index (χ3n) is 7.40. The second kappa shape index (κ2) is 6.68. The Balaban J connectivity index is 1.40. The minimum Gasteiger partial charge on any atom is -0.460 e. The van der Waals surface area contributed by atoms with Crippen LogP contribution in [0.1, 0.15) is 49.7 Å². The Hall–Kier alpha value is -2.69. The van der Waals surface area contributed by atoms with Crippen LogP contribution in [0.3, 0.4) is 0 Å². The van der Waals surface area contributed by atoms with Crippen molar-refractivity contribution in [2.45, 2.75) is 50.5 Å².